The number of pyridine rings is 1. The lowest BCUT2D eigenvalue weighted by atomic mass is 10.1. The number of amides is 1. The molecule has 6 nitrogen and oxygen atoms in total. The Morgan fingerprint density at radius 3 is 2.47 bits per heavy atom. The predicted octanol–water partition coefficient (Wildman–Crippen LogP) is 8.64. The average molecular weight is 651 g/mol. The molecule has 0 radical (unpaired) electrons. The maximum absolute atomic E-state index is 13.6. The smallest absolute Gasteiger partial charge is 0.274 e. The van der Waals surface area contributed by atoms with Crippen LogP contribution < -0.4 is 9.74 Å². The molecule has 0 bridgehead atoms. The van der Waals surface area contributed by atoms with E-state index in [2.05, 4.69) is 65.3 Å². The van der Waals surface area contributed by atoms with Crippen molar-refractivity contribution in [2.24, 2.45) is 0 Å². The third kappa shape index (κ3) is 6.63. The topological polar surface area (TPSA) is 77.0 Å². The highest BCUT2D eigenvalue weighted by molar-refractivity contribution is 9.11. The van der Waals surface area contributed by atoms with Gasteiger partial charge in [0, 0.05) is 26.9 Å². The summed E-state index contributed by atoms with van der Waals surface area (Å²) >= 11 is 17.4. The molecule has 0 saturated carbocycles. The number of halogens is 3. The molecule has 0 aliphatic carbocycles. The van der Waals surface area contributed by atoms with Crippen molar-refractivity contribution in [2.75, 3.05) is 0 Å². The number of aromatic nitrogens is 3. The normalized spacial score (nSPS) is 12.3. The van der Waals surface area contributed by atoms with E-state index in [0.717, 1.165) is 19.6 Å². The summed E-state index contributed by atoms with van der Waals surface area (Å²) in [5.41, 5.74) is 2.02. The van der Waals surface area contributed by atoms with Gasteiger partial charge in [-0.15, -0.1) is 16.4 Å². The lowest BCUT2D eigenvalue weighted by molar-refractivity contribution is 0.0944. The van der Waals surface area contributed by atoms with Gasteiger partial charge in [0.15, 0.2) is 11.4 Å². The van der Waals surface area contributed by atoms with Crippen molar-refractivity contribution in [3.8, 4) is 5.75 Å². The van der Waals surface area contributed by atoms with E-state index in [1.807, 2.05) is 30.4 Å². The molecule has 0 aliphatic rings. The van der Waals surface area contributed by atoms with Crippen molar-refractivity contribution >= 4 is 87.7 Å². The minimum absolute atomic E-state index is 0.113. The molecule has 1 N–H and O–H groups in total. The molecule has 11 heteroatoms. The molecule has 0 spiro atoms. The van der Waals surface area contributed by atoms with Gasteiger partial charge >= 0.3 is 0 Å². The Bertz CT molecular complexity index is 1520. The Balaban J connectivity index is 1.81. The minimum atomic E-state index is -2.37. The van der Waals surface area contributed by atoms with Gasteiger partial charge in [-0.25, -0.2) is 4.98 Å². The van der Waals surface area contributed by atoms with E-state index in [9.17, 15) is 4.79 Å². The number of nitrogens with zero attached hydrogens (tertiary/aromatic N) is 3. The zero-order valence-electron chi connectivity index (χ0n) is 21.6. The van der Waals surface area contributed by atoms with Crippen molar-refractivity contribution < 1.29 is 9.22 Å². The van der Waals surface area contributed by atoms with Gasteiger partial charge < -0.3 is 9.74 Å². The van der Waals surface area contributed by atoms with Gasteiger partial charge in [-0.2, -0.15) is 5.10 Å². The van der Waals surface area contributed by atoms with Gasteiger partial charge in [0.25, 0.3) is 14.2 Å². The Labute approximate surface area is 245 Å². The van der Waals surface area contributed by atoms with Gasteiger partial charge in [0.1, 0.15) is 5.52 Å². The van der Waals surface area contributed by atoms with Crippen LogP contribution in [0.25, 0.3) is 23.1 Å². The van der Waals surface area contributed by atoms with Crippen LogP contribution >= 0.6 is 50.5 Å². The number of hydrogen-bond acceptors (Lipinski definition) is 6. The van der Waals surface area contributed by atoms with E-state index in [1.54, 1.807) is 35.7 Å². The Morgan fingerprint density at radius 2 is 1.84 bits per heavy atom. The summed E-state index contributed by atoms with van der Waals surface area (Å²) in [6, 6.07) is 11.0. The SMILES string of the molecule is CC(C)(C)[Si](C)(C)Oc1c(C(=O)NCc2cc(Cl)cc(Cl)c2)nc(/C=C/c2ccc(Br)s2)c2ccnnc12. The Morgan fingerprint density at radius 1 is 1.13 bits per heavy atom. The van der Waals surface area contributed by atoms with Gasteiger partial charge in [0.2, 0.25) is 0 Å². The van der Waals surface area contributed by atoms with E-state index < -0.39 is 14.2 Å². The second-order valence-corrected chi connectivity index (χ2v) is 18.4. The number of hydrogen-bond donors (Lipinski definition) is 1. The minimum Gasteiger partial charge on any atom is -0.540 e. The largest absolute Gasteiger partial charge is 0.540 e. The van der Waals surface area contributed by atoms with E-state index in [4.69, 9.17) is 32.6 Å². The second-order valence-electron chi connectivity index (χ2n) is 10.3. The molecule has 0 aliphatic heterocycles. The van der Waals surface area contributed by atoms with Crippen LogP contribution in [-0.4, -0.2) is 29.4 Å². The van der Waals surface area contributed by atoms with Crippen LogP contribution in [0, 0.1) is 0 Å². The Kier molecular flexibility index (Phi) is 8.64. The summed E-state index contributed by atoms with van der Waals surface area (Å²) in [7, 11) is -2.37. The van der Waals surface area contributed by atoms with Gasteiger partial charge in [-0.05, 0) is 88.2 Å². The van der Waals surface area contributed by atoms with Crippen LogP contribution in [0.2, 0.25) is 28.2 Å². The number of fused-ring (bicyclic) bond motifs is 1. The maximum atomic E-state index is 13.6. The maximum Gasteiger partial charge on any atom is 0.274 e. The fraction of sp³-hybridized carbons (Fsp3) is 0.259. The fourth-order valence-electron chi connectivity index (χ4n) is 3.39. The van der Waals surface area contributed by atoms with E-state index in [1.165, 1.54) is 0 Å². The monoisotopic (exact) mass is 648 g/mol. The number of carbonyl (C=O) groups excluding carboxylic acids is 1. The first-order valence-corrected chi connectivity index (χ1v) is 17.1. The van der Waals surface area contributed by atoms with Gasteiger partial charge in [-0.3, -0.25) is 4.79 Å². The third-order valence-corrected chi connectivity index (χ3v) is 12.8. The summed E-state index contributed by atoms with van der Waals surface area (Å²) in [6.07, 6.45) is 5.45. The molecule has 4 rings (SSSR count). The molecule has 0 unspecified atom stereocenters. The van der Waals surface area contributed by atoms with Gasteiger partial charge in [-0.1, -0.05) is 44.0 Å². The summed E-state index contributed by atoms with van der Waals surface area (Å²) in [5.74, 6) is -0.0479. The number of carbonyl (C=O) groups is 1. The fourth-order valence-corrected chi connectivity index (χ4v) is 6.30. The molecular formula is C27H27BrCl2N4O2SSi. The molecular weight excluding hydrogens is 623 g/mol. The lowest BCUT2D eigenvalue weighted by Gasteiger charge is -2.36. The molecule has 4 aromatic rings. The van der Waals surface area contributed by atoms with Crippen LogP contribution in [-0.2, 0) is 6.54 Å². The first kappa shape index (κ1) is 28.7. The summed E-state index contributed by atoms with van der Waals surface area (Å²) in [5, 5.41) is 13.1. The zero-order valence-corrected chi connectivity index (χ0v) is 26.5. The third-order valence-electron chi connectivity index (χ3n) is 6.41. The number of rotatable bonds is 7. The molecule has 0 atom stereocenters. The van der Waals surface area contributed by atoms with Crippen molar-refractivity contribution in [1.82, 2.24) is 20.5 Å². The molecule has 3 aromatic heterocycles. The van der Waals surface area contributed by atoms with Crippen molar-refractivity contribution in [3.05, 3.63) is 78.3 Å². The first-order valence-electron chi connectivity index (χ1n) is 11.8. The van der Waals surface area contributed by atoms with E-state index in [-0.39, 0.29) is 17.3 Å². The average Bonchev–Trinajstić information content (AvgIpc) is 3.25. The van der Waals surface area contributed by atoms with Crippen molar-refractivity contribution in [3.63, 3.8) is 0 Å². The van der Waals surface area contributed by atoms with Crippen molar-refractivity contribution in [2.45, 2.75) is 45.4 Å². The van der Waals surface area contributed by atoms with Crippen LogP contribution in [0.1, 0.15) is 47.4 Å². The van der Waals surface area contributed by atoms with Gasteiger partial charge in [0.05, 0.1) is 15.7 Å². The summed E-state index contributed by atoms with van der Waals surface area (Å²) < 4.78 is 7.71. The van der Waals surface area contributed by atoms with Crippen LogP contribution in [0.5, 0.6) is 5.75 Å². The standard InChI is InChI=1S/C27H27BrCl2N4O2SSi/c1-27(2,3)38(4,5)36-25-23-20(10-11-32-34-23)21(8-6-19-7-9-22(28)37-19)33-24(25)26(35)31-15-16-12-17(29)14-18(30)13-16/h6-14H,15H2,1-5H3,(H,31,35)/b8-6+. The molecule has 38 heavy (non-hydrogen) atoms. The highest BCUT2D eigenvalue weighted by Gasteiger charge is 2.40. The number of benzene rings is 1. The molecule has 0 saturated heterocycles. The van der Waals surface area contributed by atoms with Crippen LogP contribution in [0.4, 0.5) is 0 Å². The molecule has 0 fully saturated rings. The highest BCUT2D eigenvalue weighted by atomic mass is 79.9. The molecule has 3 heterocycles. The molecule has 1 amide bonds. The second kappa shape index (κ2) is 11.4. The highest BCUT2D eigenvalue weighted by Crippen LogP contribution is 2.40. The lowest BCUT2D eigenvalue weighted by Crippen LogP contribution is -2.44. The predicted molar refractivity (Wildman–Crippen MR) is 164 cm³/mol. The Hall–Kier alpha value is -2.30. The molecule has 1 aromatic carbocycles. The quantitative estimate of drug-likeness (QED) is 0.203. The van der Waals surface area contributed by atoms with E-state index in [0.29, 0.717) is 27.0 Å². The van der Waals surface area contributed by atoms with E-state index >= 15 is 0 Å². The summed E-state index contributed by atoms with van der Waals surface area (Å²) in [4.78, 5) is 19.5. The molecule has 198 valence electrons. The number of nitrogens with one attached hydrogen (secondary N) is 1. The first-order chi connectivity index (χ1) is 17.8. The van der Waals surface area contributed by atoms with Crippen LogP contribution in [0.3, 0.4) is 0 Å². The zero-order chi connectivity index (χ0) is 27.7. The number of thiophene rings is 1. The van der Waals surface area contributed by atoms with Crippen LogP contribution in [0.15, 0.2) is 46.4 Å². The summed E-state index contributed by atoms with van der Waals surface area (Å²) in [6.45, 7) is 10.9. The van der Waals surface area contributed by atoms with Crippen molar-refractivity contribution in [1.29, 1.82) is 0 Å².